The second-order valence-electron chi connectivity index (χ2n) is 6.73. The molecule has 3 heterocycles. The summed E-state index contributed by atoms with van der Waals surface area (Å²) in [7, 11) is 0. The fraction of sp³-hybridized carbons (Fsp3) is 0.0952. The lowest BCUT2D eigenvalue weighted by atomic mass is 10.0. The average Bonchev–Trinajstić information content (AvgIpc) is 3.32. The number of aromatic nitrogens is 2. The Morgan fingerprint density at radius 3 is 2.57 bits per heavy atom. The van der Waals surface area contributed by atoms with Crippen molar-refractivity contribution in [2.24, 2.45) is 5.73 Å². The predicted octanol–water partition coefficient (Wildman–Crippen LogP) is 4.19. The Labute approximate surface area is 175 Å². The summed E-state index contributed by atoms with van der Waals surface area (Å²) < 4.78 is 10.8. The molecule has 0 radical (unpaired) electrons. The van der Waals surface area contributed by atoms with E-state index in [9.17, 15) is 4.79 Å². The van der Waals surface area contributed by atoms with E-state index < -0.39 is 6.03 Å². The van der Waals surface area contributed by atoms with Crippen molar-refractivity contribution < 1.29 is 14.3 Å². The highest BCUT2D eigenvalue weighted by molar-refractivity contribution is 7.19. The van der Waals surface area contributed by atoms with Crippen molar-refractivity contribution in [2.75, 3.05) is 17.4 Å². The Hall–Kier alpha value is -3.85. The number of urea groups is 1. The first-order valence-corrected chi connectivity index (χ1v) is 9.94. The van der Waals surface area contributed by atoms with Crippen molar-refractivity contribution in [3.05, 3.63) is 53.7 Å². The smallest absolute Gasteiger partial charge is 0.323 e. The summed E-state index contributed by atoms with van der Waals surface area (Å²) in [5.74, 6) is 1.66. The summed E-state index contributed by atoms with van der Waals surface area (Å²) in [5.41, 5.74) is 15.0. The van der Waals surface area contributed by atoms with Crippen LogP contribution >= 0.6 is 11.3 Å². The maximum atomic E-state index is 12.2. The second kappa shape index (κ2) is 6.89. The molecule has 0 atom stereocenters. The van der Waals surface area contributed by atoms with E-state index >= 15 is 0 Å². The Bertz CT molecular complexity index is 1290. The molecular weight excluding hydrogens is 402 g/mol. The van der Waals surface area contributed by atoms with Gasteiger partial charge in [-0.25, -0.2) is 14.8 Å². The number of thiophene rings is 1. The first-order chi connectivity index (χ1) is 14.5. The van der Waals surface area contributed by atoms with Gasteiger partial charge >= 0.3 is 6.03 Å². The van der Waals surface area contributed by atoms with Gasteiger partial charge in [0.1, 0.15) is 17.0 Å². The number of rotatable bonds is 3. The van der Waals surface area contributed by atoms with E-state index in [1.54, 1.807) is 29.5 Å². The summed E-state index contributed by atoms with van der Waals surface area (Å²) in [6.45, 7) is 2.18. The molecule has 2 aromatic heterocycles. The standard InChI is InChI=1S/C21H17N5O3S/c1-11-17(18-19(22)24-9-25-20(18)30-11)12-2-4-13(5-3-12)26(21(23)27)14-6-7-15-16(8-14)29-10-28-15/h2-9H,10H2,1H3,(H2,23,27)(H2,22,24,25). The molecular formula is C21H17N5O3S. The lowest BCUT2D eigenvalue weighted by molar-refractivity contribution is 0.174. The number of hydrogen-bond donors (Lipinski definition) is 2. The number of carbonyl (C=O) groups excluding carboxylic acids is 1. The van der Waals surface area contributed by atoms with Gasteiger partial charge in [-0.05, 0) is 36.8 Å². The highest BCUT2D eigenvalue weighted by Gasteiger charge is 2.21. The number of anilines is 3. The van der Waals surface area contributed by atoms with Gasteiger partial charge in [-0.2, -0.15) is 0 Å². The Morgan fingerprint density at radius 1 is 1.07 bits per heavy atom. The lowest BCUT2D eigenvalue weighted by Crippen LogP contribution is -2.31. The topological polar surface area (TPSA) is 117 Å². The van der Waals surface area contributed by atoms with Crippen molar-refractivity contribution in [3.63, 3.8) is 0 Å². The second-order valence-corrected chi connectivity index (χ2v) is 7.93. The van der Waals surface area contributed by atoms with Crippen LogP contribution in [0.2, 0.25) is 0 Å². The fourth-order valence-corrected chi connectivity index (χ4v) is 4.64. The molecule has 2 aromatic carbocycles. The van der Waals surface area contributed by atoms with Crippen LogP contribution in [0.1, 0.15) is 4.88 Å². The van der Waals surface area contributed by atoms with Gasteiger partial charge in [0, 0.05) is 16.5 Å². The molecule has 0 unspecified atom stereocenters. The Morgan fingerprint density at radius 2 is 1.80 bits per heavy atom. The molecule has 8 nitrogen and oxygen atoms in total. The highest BCUT2D eigenvalue weighted by Crippen LogP contribution is 2.41. The van der Waals surface area contributed by atoms with E-state index in [4.69, 9.17) is 20.9 Å². The number of benzene rings is 2. The highest BCUT2D eigenvalue weighted by atomic mass is 32.1. The van der Waals surface area contributed by atoms with Crippen molar-refractivity contribution >= 4 is 44.8 Å². The number of nitrogens with two attached hydrogens (primary N) is 2. The zero-order chi connectivity index (χ0) is 20.8. The minimum Gasteiger partial charge on any atom is -0.454 e. The maximum Gasteiger partial charge on any atom is 0.323 e. The molecule has 1 aliphatic heterocycles. The van der Waals surface area contributed by atoms with Crippen molar-refractivity contribution in [2.45, 2.75) is 6.92 Å². The van der Waals surface area contributed by atoms with Gasteiger partial charge in [-0.3, -0.25) is 4.90 Å². The molecule has 30 heavy (non-hydrogen) atoms. The molecule has 0 saturated carbocycles. The number of nitrogens with zero attached hydrogens (tertiary/aromatic N) is 3. The quantitative estimate of drug-likeness (QED) is 0.514. The van der Waals surface area contributed by atoms with Crippen molar-refractivity contribution in [3.8, 4) is 22.6 Å². The first-order valence-electron chi connectivity index (χ1n) is 9.12. The van der Waals surface area contributed by atoms with Crippen LogP contribution in [0, 0.1) is 6.92 Å². The number of hydrogen-bond acceptors (Lipinski definition) is 7. The molecule has 2 amide bonds. The minimum absolute atomic E-state index is 0.158. The zero-order valence-electron chi connectivity index (χ0n) is 16.0. The Kier molecular flexibility index (Phi) is 4.18. The van der Waals surface area contributed by atoms with Gasteiger partial charge in [-0.15, -0.1) is 11.3 Å². The van der Waals surface area contributed by atoms with Gasteiger partial charge in [-0.1, -0.05) is 12.1 Å². The number of carbonyl (C=O) groups is 1. The number of nitrogen functional groups attached to an aromatic ring is 1. The number of fused-ring (bicyclic) bond motifs is 2. The van der Waals surface area contributed by atoms with Gasteiger partial charge in [0.15, 0.2) is 11.5 Å². The van der Waals surface area contributed by atoms with E-state index in [1.165, 1.54) is 11.2 Å². The molecule has 150 valence electrons. The summed E-state index contributed by atoms with van der Waals surface area (Å²) in [6, 6.07) is 12.2. The zero-order valence-corrected chi connectivity index (χ0v) is 16.8. The third-order valence-corrected chi connectivity index (χ3v) is 5.96. The van der Waals surface area contributed by atoms with Crippen LogP contribution in [0.5, 0.6) is 11.5 Å². The molecule has 9 heteroatoms. The van der Waals surface area contributed by atoms with E-state index in [-0.39, 0.29) is 6.79 Å². The lowest BCUT2D eigenvalue weighted by Gasteiger charge is -2.21. The largest absolute Gasteiger partial charge is 0.454 e. The van der Waals surface area contributed by atoms with Gasteiger partial charge in [0.2, 0.25) is 6.79 Å². The van der Waals surface area contributed by atoms with Crippen LogP contribution < -0.4 is 25.8 Å². The Balaban J connectivity index is 1.56. The third-order valence-electron chi connectivity index (χ3n) is 4.94. The monoisotopic (exact) mass is 419 g/mol. The molecule has 4 N–H and O–H groups in total. The molecule has 0 spiro atoms. The normalized spacial score (nSPS) is 12.3. The van der Waals surface area contributed by atoms with Gasteiger partial charge in [0.05, 0.1) is 16.8 Å². The van der Waals surface area contributed by atoms with Gasteiger partial charge < -0.3 is 20.9 Å². The van der Waals surface area contributed by atoms with Crippen LogP contribution in [0.25, 0.3) is 21.3 Å². The molecule has 0 bridgehead atoms. The number of primary amides is 1. The third kappa shape index (κ3) is 2.87. The summed E-state index contributed by atoms with van der Waals surface area (Å²) >= 11 is 1.57. The molecule has 0 saturated heterocycles. The number of aryl methyl sites for hydroxylation is 1. The molecule has 4 aromatic rings. The molecule has 0 aliphatic carbocycles. The first kappa shape index (κ1) is 18.2. The van der Waals surface area contributed by atoms with Crippen molar-refractivity contribution in [1.82, 2.24) is 9.97 Å². The van der Waals surface area contributed by atoms with E-state index in [1.807, 2.05) is 31.2 Å². The molecule has 5 rings (SSSR count). The molecule has 1 aliphatic rings. The molecule has 0 fully saturated rings. The number of ether oxygens (including phenoxy) is 2. The maximum absolute atomic E-state index is 12.2. The summed E-state index contributed by atoms with van der Waals surface area (Å²) in [5, 5.41) is 0.843. The van der Waals surface area contributed by atoms with Crippen LogP contribution in [0.3, 0.4) is 0 Å². The number of amides is 2. The summed E-state index contributed by atoms with van der Waals surface area (Å²) in [4.78, 5) is 24.0. The van der Waals surface area contributed by atoms with Crippen LogP contribution in [0.15, 0.2) is 48.8 Å². The van der Waals surface area contributed by atoms with Crippen molar-refractivity contribution in [1.29, 1.82) is 0 Å². The van der Waals surface area contributed by atoms with E-state index in [0.717, 1.165) is 26.2 Å². The predicted molar refractivity (Wildman–Crippen MR) is 116 cm³/mol. The van der Waals surface area contributed by atoms with Crippen LogP contribution in [-0.2, 0) is 0 Å². The SMILES string of the molecule is Cc1sc2ncnc(N)c2c1-c1ccc(N(C(N)=O)c2ccc3c(c2)OCO3)cc1. The van der Waals surface area contributed by atoms with E-state index in [0.29, 0.717) is 28.7 Å². The fourth-order valence-electron chi connectivity index (χ4n) is 3.62. The van der Waals surface area contributed by atoms with Gasteiger partial charge in [0.25, 0.3) is 0 Å². The van der Waals surface area contributed by atoms with Crippen LogP contribution in [0.4, 0.5) is 22.0 Å². The van der Waals surface area contributed by atoms with Crippen LogP contribution in [-0.4, -0.2) is 22.8 Å². The average molecular weight is 419 g/mol. The minimum atomic E-state index is -0.601. The van der Waals surface area contributed by atoms with E-state index in [2.05, 4.69) is 9.97 Å². The summed E-state index contributed by atoms with van der Waals surface area (Å²) in [6.07, 6.45) is 1.47.